The van der Waals surface area contributed by atoms with Crippen molar-refractivity contribution in [3.63, 3.8) is 0 Å². The molecule has 1 saturated carbocycles. The summed E-state index contributed by atoms with van der Waals surface area (Å²) in [5.74, 6) is 2.43. The van der Waals surface area contributed by atoms with Crippen molar-refractivity contribution in [1.82, 2.24) is 20.2 Å². The molecule has 0 aliphatic heterocycles. The summed E-state index contributed by atoms with van der Waals surface area (Å²) in [6.07, 6.45) is 7.53. The third-order valence-corrected chi connectivity index (χ3v) is 4.19. The van der Waals surface area contributed by atoms with Crippen LogP contribution in [0.5, 0.6) is 5.88 Å². The van der Waals surface area contributed by atoms with Gasteiger partial charge in [0.2, 0.25) is 11.8 Å². The Labute approximate surface area is 130 Å². The lowest BCUT2D eigenvalue weighted by atomic mass is 9.72. The quantitative estimate of drug-likeness (QED) is 0.913. The smallest absolute Gasteiger partial charge is 0.236 e. The highest BCUT2D eigenvalue weighted by Crippen LogP contribution is 2.41. The van der Waals surface area contributed by atoms with Gasteiger partial charge < -0.3 is 10.5 Å². The maximum Gasteiger partial charge on any atom is 0.236 e. The van der Waals surface area contributed by atoms with Crippen molar-refractivity contribution in [2.75, 3.05) is 12.3 Å². The van der Waals surface area contributed by atoms with Crippen LogP contribution >= 0.6 is 0 Å². The largest absolute Gasteiger partial charge is 0.476 e. The minimum atomic E-state index is 0.326. The van der Waals surface area contributed by atoms with Gasteiger partial charge in [-0.3, -0.25) is 0 Å². The SMILES string of the molecule is CC(C)c1ccnnc1OCC1CC(c2cnc(N)nc2)C1. The van der Waals surface area contributed by atoms with Crippen LogP contribution in [0, 0.1) is 5.92 Å². The fraction of sp³-hybridized carbons (Fsp3) is 0.500. The molecule has 6 nitrogen and oxygen atoms in total. The molecule has 6 heteroatoms. The predicted molar refractivity (Wildman–Crippen MR) is 83.5 cm³/mol. The van der Waals surface area contributed by atoms with Crippen LogP contribution in [0.2, 0.25) is 0 Å². The van der Waals surface area contributed by atoms with E-state index in [-0.39, 0.29) is 0 Å². The maximum absolute atomic E-state index is 5.88. The van der Waals surface area contributed by atoms with E-state index in [1.807, 2.05) is 18.5 Å². The molecule has 0 atom stereocenters. The molecular weight excluding hydrogens is 278 g/mol. The molecule has 2 aromatic rings. The minimum absolute atomic E-state index is 0.326. The molecule has 1 aliphatic carbocycles. The number of nitrogen functional groups attached to an aromatic ring is 1. The molecule has 0 amide bonds. The molecule has 0 spiro atoms. The van der Waals surface area contributed by atoms with Crippen molar-refractivity contribution >= 4 is 5.95 Å². The first-order valence-corrected chi connectivity index (χ1v) is 7.65. The molecule has 1 aliphatic rings. The molecule has 0 bridgehead atoms. The summed E-state index contributed by atoms with van der Waals surface area (Å²) in [4.78, 5) is 8.10. The summed E-state index contributed by atoms with van der Waals surface area (Å²) in [5, 5.41) is 8.03. The predicted octanol–water partition coefficient (Wildman–Crippen LogP) is 2.54. The normalized spacial score (nSPS) is 20.7. The molecule has 0 radical (unpaired) electrons. The van der Waals surface area contributed by atoms with Gasteiger partial charge in [-0.15, -0.1) is 5.10 Å². The fourth-order valence-corrected chi connectivity index (χ4v) is 2.78. The molecule has 22 heavy (non-hydrogen) atoms. The number of rotatable bonds is 5. The fourth-order valence-electron chi connectivity index (χ4n) is 2.78. The standard InChI is InChI=1S/C16H21N5O/c1-10(2)14-3-4-20-21-15(14)22-9-11-5-12(6-11)13-7-18-16(17)19-8-13/h3-4,7-8,10-12H,5-6,9H2,1-2H3,(H2,17,18,19). The Bertz CT molecular complexity index is 623. The van der Waals surface area contributed by atoms with Crippen LogP contribution in [-0.2, 0) is 0 Å². The van der Waals surface area contributed by atoms with Crippen molar-refractivity contribution in [2.24, 2.45) is 5.92 Å². The monoisotopic (exact) mass is 299 g/mol. The molecule has 0 aromatic carbocycles. The number of anilines is 1. The van der Waals surface area contributed by atoms with E-state index in [4.69, 9.17) is 10.5 Å². The highest BCUT2D eigenvalue weighted by Gasteiger charge is 2.31. The van der Waals surface area contributed by atoms with Crippen LogP contribution in [0.1, 0.15) is 49.7 Å². The van der Waals surface area contributed by atoms with E-state index >= 15 is 0 Å². The van der Waals surface area contributed by atoms with Crippen molar-refractivity contribution in [3.8, 4) is 5.88 Å². The van der Waals surface area contributed by atoms with E-state index < -0.39 is 0 Å². The van der Waals surface area contributed by atoms with Gasteiger partial charge in [-0.2, -0.15) is 5.10 Å². The van der Waals surface area contributed by atoms with Gasteiger partial charge >= 0.3 is 0 Å². The molecule has 1 fully saturated rings. The van der Waals surface area contributed by atoms with E-state index in [1.165, 1.54) is 0 Å². The van der Waals surface area contributed by atoms with Crippen molar-refractivity contribution in [3.05, 3.63) is 35.8 Å². The zero-order valence-corrected chi connectivity index (χ0v) is 12.9. The van der Waals surface area contributed by atoms with Gasteiger partial charge in [-0.25, -0.2) is 9.97 Å². The van der Waals surface area contributed by atoms with Crippen LogP contribution < -0.4 is 10.5 Å². The first kappa shape index (κ1) is 14.7. The average molecular weight is 299 g/mol. The van der Waals surface area contributed by atoms with E-state index in [2.05, 4.69) is 34.0 Å². The van der Waals surface area contributed by atoms with Crippen LogP contribution in [-0.4, -0.2) is 26.8 Å². The topological polar surface area (TPSA) is 86.8 Å². The molecular formula is C16H21N5O. The summed E-state index contributed by atoms with van der Waals surface area (Å²) >= 11 is 0. The van der Waals surface area contributed by atoms with Crippen LogP contribution in [0.4, 0.5) is 5.95 Å². The van der Waals surface area contributed by atoms with Gasteiger partial charge in [0, 0.05) is 18.0 Å². The number of hydrogen-bond acceptors (Lipinski definition) is 6. The lowest BCUT2D eigenvalue weighted by molar-refractivity contribution is 0.151. The Kier molecular flexibility index (Phi) is 4.18. The summed E-state index contributed by atoms with van der Waals surface area (Å²) < 4.78 is 5.88. The lowest BCUT2D eigenvalue weighted by Crippen LogP contribution is -2.27. The summed E-state index contributed by atoms with van der Waals surface area (Å²) in [7, 11) is 0. The molecule has 0 saturated heterocycles. The van der Waals surface area contributed by atoms with E-state index in [1.54, 1.807) is 6.20 Å². The Hall–Kier alpha value is -2.24. The number of aromatic nitrogens is 4. The van der Waals surface area contributed by atoms with Crippen LogP contribution in [0.15, 0.2) is 24.7 Å². The van der Waals surface area contributed by atoms with Gasteiger partial charge in [-0.1, -0.05) is 13.8 Å². The summed E-state index contributed by atoms with van der Waals surface area (Å²) in [5.41, 5.74) is 7.78. The zero-order chi connectivity index (χ0) is 15.5. The van der Waals surface area contributed by atoms with Gasteiger partial charge in [0.1, 0.15) is 0 Å². The molecule has 3 rings (SSSR count). The van der Waals surface area contributed by atoms with Crippen LogP contribution in [0.25, 0.3) is 0 Å². The number of nitrogens with two attached hydrogens (primary N) is 1. The van der Waals surface area contributed by atoms with Crippen molar-refractivity contribution in [2.45, 2.75) is 38.5 Å². The Morgan fingerprint density at radius 2 is 2.00 bits per heavy atom. The van der Waals surface area contributed by atoms with Gasteiger partial charge in [0.05, 0.1) is 12.8 Å². The van der Waals surface area contributed by atoms with Gasteiger partial charge in [0.25, 0.3) is 0 Å². The van der Waals surface area contributed by atoms with Crippen LogP contribution in [0.3, 0.4) is 0 Å². The minimum Gasteiger partial charge on any atom is -0.476 e. The second-order valence-corrected chi connectivity index (χ2v) is 6.17. The summed E-state index contributed by atoms with van der Waals surface area (Å²) in [6, 6.07) is 1.97. The Morgan fingerprint density at radius 3 is 2.68 bits per heavy atom. The Morgan fingerprint density at radius 1 is 1.27 bits per heavy atom. The number of hydrogen-bond donors (Lipinski definition) is 1. The second-order valence-electron chi connectivity index (χ2n) is 6.17. The molecule has 2 heterocycles. The first-order valence-electron chi connectivity index (χ1n) is 7.65. The van der Waals surface area contributed by atoms with E-state index in [0.29, 0.717) is 36.2 Å². The molecule has 2 aromatic heterocycles. The van der Waals surface area contributed by atoms with Gasteiger partial charge in [0.15, 0.2) is 0 Å². The lowest BCUT2D eigenvalue weighted by Gasteiger charge is -2.35. The van der Waals surface area contributed by atoms with Crippen molar-refractivity contribution in [1.29, 1.82) is 0 Å². The first-order chi connectivity index (χ1) is 10.6. The Balaban J connectivity index is 1.52. The van der Waals surface area contributed by atoms with Crippen molar-refractivity contribution < 1.29 is 4.74 Å². The highest BCUT2D eigenvalue weighted by atomic mass is 16.5. The molecule has 2 N–H and O–H groups in total. The highest BCUT2D eigenvalue weighted by molar-refractivity contribution is 5.26. The third kappa shape index (κ3) is 3.16. The maximum atomic E-state index is 5.88. The summed E-state index contributed by atoms with van der Waals surface area (Å²) in [6.45, 7) is 4.94. The molecule has 0 unspecified atom stereocenters. The average Bonchev–Trinajstić information content (AvgIpc) is 2.47. The zero-order valence-electron chi connectivity index (χ0n) is 12.9. The van der Waals surface area contributed by atoms with E-state index in [9.17, 15) is 0 Å². The van der Waals surface area contributed by atoms with E-state index in [0.717, 1.165) is 24.0 Å². The second kappa shape index (κ2) is 6.25. The molecule has 116 valence electrons. The van der Waals surface area contributed by atoms with Gasteiger partial charge in [-0.05, 0) is 42.2 Å². The third-order valence-electron chi connectivity index (χ3n) is 4.19. The number of ether oxygens (including phenoxy) is 1. The number of nitrogens with zero attached hydrogens (tertiary/aromatic N) is 4.